The Balaban J connectivity index is 1.60. The molecule has 0 unspecified atom stereocenters. The standard InChI is InChI=1S/C21H22ClNO6S/c22-18-10-9-17(15-19(18)30(26,27)23-11-5-2-6-12-23)21(25)29-14-13-28-20(24)16-7-3-1-4-8-16/h1,3-4,7-10,15H,2,5-6,11-14H2. The predicted octanol–water partition coefficient (Wildman–Crippen LogP) is 3.53. The van der Waals surface area contributed by atoms with Crippen molar-refractivity contribution in [3.05, 3.63) is 64.7 Å². The molecule has 30 heavy (non-hydrogen) atoms. The number of sulfonamides is 1. The van der Waals surface area contributed by atoms with E-state index in [1.54, 1.807) is 30.3 Å². The van der Waals surface area contributed by atoms with Gasteiger partial charge in [-0.05, 0) is 43.2 Å². The highest BCUT2D eigenvalue weighted by Crippen LogP contribution is 2.28. The number of carbonyl (C=O) groups is 2. The molecule has 1 fully saturated rings. The van der Waals surface area contributed by atoms with Crippen molar-refractivity contribution < 1.29 is 27.5 Å². The van der Waals surface area contributed by atoms with E-state index in [4.69, 9.17) is 21.1 Å². The summed E-state index contributed by atoms with van der Waals surface area (Å²) in [6.07, 6.45) is 2.57. The molecule has 160 valence electrons. The summed E-state index contributed by atoms with van der Waals surface area (Å²) < 4.78 is 37.3. The molecule has 2 aromatic carbocycles. The minimum atomic E-state index is -3.79. The number of carbonyl (C=O) groups excluding carboxylic acids is 2. The third-order valence-electron chi connectivity index (χ3n) is 4.66. The monoisotopic (exact) mass is 451 g/mol. The molecule has 1 heterocycles. The lowest BCUT2D eigenvalue weighted by Gasteiger charge is -2.26. The van der Waals surface area contributed by atoms with Crippen LogP contribution in [0.3, 0.4) is 0 Å². The van der Waals surface area contributed by atoms with Crippen LogP contribution >= 0.6 is 11.6 Å². The maximum atomic E-state index is 12.9. The Morgan fingerprint density at radius 2 is 1.47 bits per heavy atom. The average Bonchev–Trinajstić information content (AvgIpc) is 2.77. The fraction of sp³-hybridized carbons (Fsp3) is 0.333. The second kappa shape index (κ2) is 10.1. The number of nitrogens with zero attached hydrogens (tertiary/aromatic N) is 1. The molecule has 3 rings (SSSR count). The third kappa shape index (κ3) is 5.38. The van der Waals surface area contributed by atoms with Gasteiger partial charge in [0.15, 0.2) is 0 Å². The van der Waals surface area contributed by atoms with Crippen LogP contribution in [0.2, 0.25) is 5.02 Å². The number of benzene rings is 2. The molecule has 7 nitrogen and oxygen atoms in total. The maximum Gasteiger partial charge on any atom is 0.338 e. The Morgan fingerprint density at radius 3 is 2.10 bits per heavy atom. The fourth-order valence-corrected chi connectivity index (χ4v) is 5.10. The fourth-order valence-electron chi connectivity index (χ4n) is 3.08. The molecule has 9 heteroatoms. The molecule has 1 saturated heterocycles. The van der Waals surface area contributed by atoms with Crippen molar-refractivity contribution in [1.82, 2.24) is 4.31 Å². The quantitative estimate of drug-likeness (QED) is 0.472. The first kappa shape index (κ1) is 22.3. The van der Waals surface area contributed by atoms with E-state index in [9.17, 15) is 18.0 Å². The van der Waals surface area contributed by atoms with Crippen LogP contribution in [0.1, 0.15) is 40.0 Å². The van der Waals surface area contributed by atoms with Crippen LogP contribution in [0, 0.1) is 0 Å². The van der Waals surface area contributed by atoms with Crippen LogP contribution in [0.25, 0.3) is 0 Å². The highest BCUT2D eigenvalue weighted by atomic mass is 35.5. The largest absolute Gasteiger partial charge is 0.458 e. The first-order valence-electron chi connectivity index (χ1n) is 9.58. The van der Waals surface area contributed by atoms with E-state index in [1.807, 2.05) is 0 Å². The smallest absolute Gasteiger partial charge is 0.338 e. The van der Waals surface area contributed by atoms with E-state index in [-0.39, 0.29) is 28.7 Å². The van der Waals surface area contributed by atoms with Gasteiger partial charge < -0.3 is 9.47 Å². The van der Waals surface area contributed by atoms with Gasteiger partial charge >= 0.3 is 11.9 Å². The van der Waals surface area contributed by atoms with Crippen molar-refractivity contribution >= 4 is 33.6 Å². The Labute approximate surface area is 180 Å². The maximum absolute atomic E-state index is 12.9. The lowest BCUT2D eigenvalue weighted by molar-refractivity contribution is 0.0265. The molecular weight excluding hydrogens is 430 g/mol. The molecular formula is C21H22ClNO6S. The van der Waals surface area contributed by atoms with Crippen molar-refractivity contribution in [2.24, 2.45) is 0 Å². The summed E-state index contributed by atoms with van der Waals surface area (Å²) in [5.74, 6) is -1.24. The molecule has 1 aliphatic heterocycles. The highest BCUT2D eigenvalue weighted by Gasteiger charge is 2.29. The van der Waals surface area contributed by atoms with Crippen molar-refractivity contribution in [2.45, 2.75) is 24.2 Å². The summed E-state index contributed by atoms with van der Waals surface area (Å²) in [5, 5.41) is 0.0499. The lowest BCUT2D eigenvalue weighted by Crippen LogP contribution is -2.35. The van der Waals surface area contributed by atoms with Gasteiger partial charge in [-0.2, -0.15) is 4.31 Å². The van der Waals surface area contributed by atoms with Gasteiger partial charge in [-0.15, -0.1) is 0 Å². The summed E-state index contributed by atoms with van der Waals surface area (Å²) in [6, 6.07) is 12.4. The first-order chi connectivity index (χ1) is 14.4. The van der Waals surface area contributed by atoms with Crippen LogP contribution in [-0.2, 0) is 19.5 Å². The van der Waals surface area contributed by atoms with E-state index in [0.29, 0.717) is 18.7 Å². The second-order valence-corrected chi connectivity index (χ2v) is 9.06. The Hall–Kier alpha value is -2.42. The van der Waals surface area contributed by atoms with Crippen LogP contribution in [-0.4, -0.2) is 51.0 Å². The van der Waals surface area contributed by atoms with Gasteiger partial charge in [0, 0.05) is 13.1 Å². The van der Waals surface area contributed by atoms with Crippen LogP contribution < -0.4 is 0 Å². The van der Waals surface area contributed by atoms with E-state index >= 15 is 0 Å². The molecule has 0 saturated carbocycles. The van der Waals surface area contributed by atoms with Crippen molar-refractivity contribution in [1.29, 1.82) is 0 Å². The van der Waals surface area contributed by atoms with Gasteiger partial charge in [0.05, 0.1) is 16.1 Å². The van der Waals surface area contributed by atoms with E-state index in [1.165, 1.54) is 22.5 Å². The number of piperidine rings is 1. The number of ether oxygens (including phenoxy) is 2. The van der Waals surface area contributed by atoms with E-state index in [2.05, 4.69) is 0 Å². The SMILES string of the molecule is O=C(OCCOC(=O)c1ccc(Cl)c(S(=O)(=O)N2CCCCC2)c1)c1ccccc1. The summed E-state index contributed by atoms with van der Waals surface area (Å²) in [4.78, 5) is 24.1. The van der Waals surface area contributed by atoms with Gasteiger partial charge in [-0.25, -0.2) is 18.0 Å². The molecule has 0 N–H and O–H groups in total. The zero-order chi connectivity index (χ0) is 21.6. The molecule has 0 spiro atoms. The molecule has 2 aromatic rings. The second-order valence-electron chi connectivity index (χ2n) is 6.75. The number of rotatable bonds is 7. The summed E-state index contributed by atoms with van der Waals surface area (Å²) in [5.41, 5.74) is 0.457. The Bertz CT molecular complexity index is 1000. The van der Waals surface area contributed by atoms with Crippen LogP contribution in [0.15, 0.2) is 53.4 Å². The predicted molar refractivity (Wildman–Crippen MR) is 111 cm³/mol. The molecule has 1 aliphatic rings. The number of halogens is 1. The third-order valence-corrected chi connectivity index (χ3v) is 7.04. The molecule has 0 aliphatic carbocycles. The summed E-state index contributed by atoms with van der Waals surface area (Å²) >= 11 is 6.11. The summed E-state index contributed by atoms with van der Waals surface area (Å²) in [6.45, 7) is 0.584. The number of hydrogen-bond acceptors (Lipinski definition) is 6. The van der Waals surface area contributed by atoms with Gasteiger partial charge in [0.1, 0.15) is 18.1 Å². The van der Waals surface area contributed by atoms with E-state index in [0.717, 1.165) is 19.3 Å². The van der Waals surface area contributed by atoms with Crippen LogP contribution in [0.4, 0.5) is 0 Å². The minimum absolute atomic E-state index is 0.0499. The van der Waals surface area contributed by atoms with Crippen LogP contribution in [0.5, 0.6) is 0 Å². The molecule has 0 amide bonds. The molecule has 0 atom stereocenters. The molecule has 0 bridgehead atoms. The normalized spacial score (nSPS) is 14.8. The van der Waals surface area contributed by atoms with Crippen molar-refractivity contribution in [3.8, 4) is 0 Å². The Morgan fingerprint density at radius 1 is 0.867 bits per heavy atom. The van der Waals surface area contributed by atoms with Gasteiger partial charge in [0.25, 0.3) is 0 Å². The van der Waals surface area contributed by atoms with Crippen molar-refractivity contribution in [2.75, 3.05) is 26.3 Å². The summed E-state index contributed by atoms with van der Waals surface area (Å²) in [7, 11) is -3.79. The van der Waals surface area contributed by atoms with Gasteiger partial charge in [-0.3, -0.25) is 0 Å². The number of esters is 2. The lowest BCUT2D eigenvalue weighted by atomic mass is 10.2. The van der Waals surface area contributed by atoms with E-state index < -0.39 is 22.0 Å². The average molecular weight is 452 g/mol. The molecule has 0 aromatic heterocycles. The topological polar surface area (TPSA) is 90.0 Å². The first-order valence-corrected chi connectivity index (χ1v) is 11.4. The zero-order valence-electron chi connectivity index (χ0n) is 16.3. The van der Waals surface area contributed by atoms with Crippen molar-refractivity contribution in [3.63, 3.8) is 0 Å². The molecule has 0 radical (unpaired) electrons. The van der Waals surface area contributed by atoms with Gasteiger partial charge in [-0.1, -0.05) is 36.2 Å². The van der Waals surface area contributed by atoms with Gasteiger partial charge in [0.2, 0.25) is 10.0 Å². The number of hydrogen-bond donors (Lipinski definition) is 0. The minimum Gasteiger partial charge on any atom is -0.458 e. The highest BCUT2D eigenvalue weighted by molar-refractivity contribution is 7.89. The Kier molecular flexibility index (Phi) is 7.47. The zero-order valence-corrected chi connectivity index (χ0v) is 17.8.